The van der Waals surface area contributed by atoms with Gasteiger partial charge in [-0.15, -0.1) is 0 Å². The van der Waals surface area contributed by atoms with Crippen LogP contribution in [0.5, 0.6) is 0 Å². The normalized spacial score (nSPS) is 10.0. The van der Waals surface area contributed by atoms with Crippen LogP contribution >= 0.6 is 0 Å². The lowest BCUT2D eigenvalue weighted by molar-refractivity contribution is 0.178. The largest absolute Gasteiger partial charge is 0.452 e. The number of hydrogen-bond acceptors (Lipinski definition) is 3. The smallest absolute Gasteiger partial charge is 0.414 e. The fourth-order valence-corrected chi connectivity index (χ4v) is 1.82. The van der Waals surface area contributed by atoms with Crippen molar-refractivity contribution >= 4 is 11.8 Å². The number of carbonyl (C=O) groups is 1. The Morgan fingerprint density at radius 1 is 1.26 bits per heavy atom. The van der Waals surface area contributed by atoms with Crippen LogP contribution in [0.1, 0.15) is 11.3 Å². The predicted molar refractivity (Wildman–Crippen MR) is 74.0 cm³/mol. The molecule has 0 spiro atoms. The number of methoxy groups -OCH3 is 1. The predicted octanol–water partition coefficient (Wildman–Crippen LogP) is 3.16. The third-order valence-electron chi connectivity index (χ3n) is 2.75. The number of carbonyl (C=O) groups excluding carboxylic acids is 1. The number of anilines is 1. The Bertz CT molecular complexity index is 555. The average molecular weight is 256 g/mol. The van der Waals surface area contributed by atoms with Crippen molar-refractivity contribution in [1.82, 2.24) is 4.98 Å². The second kappa shape index (κ2) is 6.00. The molecule has 0 radical (unpaired) electrons. The van der Waals surface area contributed by atoms with Gasteiger partial charge in [-0.2, -0.15) is 0 Å². The van der Waals surface area contributed by atoms with Crippen LogP contribution in [-0.4, -0.2) is 18.2 Å². The highest BCUT2D eigenvalue weighted by Gasteiger charge is 2.17. The van der Waals surface area contributed by atoms with Gasteiger partial charge < -0.3 is 4.74 Å². The number of aromatic nitrogens is 1. The first-order chi connectivity index (χ1) is 9.20. The highest BCUT2D eigenvalue weighted by Crippen LogP contribution is 2.19. The summed E-state index contributed by atoms with van der Waals surface area (Å²) in [6.45, 7) is 2.37. The molecule has 4 heteroatoms. The zero-order chi connectivity index (χ0) is 13.7. The minimum atomic E-state index is -0.392. The molecule has 2 aromatic rings. The number of nitrogens with zero attached hydrogens (tertiary/aromatic N) is 2. The number of pyridine rings is 1. The van der Waals surface area contributed by atoms with Gasteiger partial charge in [0.05, 0.1) is 19.3 Å². The van der Waals surface area contributed by atoms with Gasteiger partial charge in [0, 0.05) is 11.9 Å². The molecule has 1 heterocycles. The van der Waals surface area contributed by atoms with Crippen molar-refractivity contribution in [1.29, 1.82) is 0 Å². The molecule has 0 aliphatic rings. The lowest BCUT2D eigenvalue weighted by Gasteiger charge is -2.21. The van der Waals surface area contributed by atoms with E-state index in [1.165, 1.54) is 7.11 Å². The van der Waals surface area contributed by atoms with Crippen LogP contribution in [0.4, 0.5) is 10.5 Å². The maximum absolute atomic E-state index is 11.9. The van der Waals surface area contributed by atoms with Gasteiger partial charge in [-0.25, -0.2) is 4.79 Å². The third kappa shape index (κ3) is 3.31. The van der Waals surface area contributed by atoms with Gasteiger partial charge in [-0.05, 0) is 36.8 Å². The summed E-state index contributed by atoms with van der Waals surface area (Å²) in [5.41, 5.74) is 2.71. The Labute approximate surface area is 112 Å². The molecule has 0 aliphatic heterocycles. The molecule has 0 N–H and O–H groups in total. The van der Waals surface area contributed by atoms with E-state index in [0.29, 0.717) is 6.54 Å². The van der Waals surface area contributed by atoms with Crippen LogP contribution in [0.3, 0.4) is 0 Å². The standard InChI is InChI=1S/C15H16N2O2/c1-12-6-5-8-14(10-12)17(15(18)19-2)11-13-7-3-4-9-16-13/h3-10H,11H2,1-2H3. The Morgan fingerprint density at radius 2 is 2.11 bits per heavy atom. The molecule has 19 heavy (non-hydrogen) atoms. The van der Waals surface area contributed by atoms with Gasteiger partial charge in [0.1, 0.15) is 0 Å². The molecule has 98 valence electrons. The van der Waals surface area contributed by atoms with Crippen LogP contribution in [-0.2, 0) is 11.3 Å². The molecule has 0 unspecified atom stereocenters. The van der Waals surface area contributed by atoms with Gasteiger partial charge >= 0.3 is 6.09 Å². The summed E-state index contributed by atoms with van der Waals surface area (Å²) < 4.78 is 4.84. The Hall–Kier alpha value is -2.36. The van der Waals surface area contributed by atoms with Crippen molar-refractivity contribution in [2.24, 2.45) is 0 Å². The van der Waals surface area contributed by atoms with E-state index < -0.39 is 6.09 Å². The topological polar surface area (TPSA) is 42.4 Å². The number of ether oxygens (including phenoxy) is 1. The molecular formula is C15H16N2O2. The Balaban J connectivity index is 2.29. The van der Waals surface area contributed by atoms with Crippen LogP contribution in [0, 0.1) is 6.92 Å². The number of benzene rings is 1. The zero-order valence-corrected chi connectivity index (χ0v) is 11.0. The molecule has 1 aromatic heterocycles. The number of rotatable bonds is 3. The summed E-state index contributed by atoms with van der Waals surface area (Å²) in [6, 6.07) is 13.4. The molecule has 1 amide bonds. The first kappa shape index (κ1) is 13.1. The molecule has 0 saturated carbocycles. The van der Waals surface area contributed by atoms with E-state index in [-0.39, 0.29) is 0 Å². The average Bonchev–Trinajstić information content (AvgIpc) is 2.45. The first-order valence-electron chi connectivity index (χ1n) is 6.03. The van der Waals surface area contributed by atoms with Crippen molar-refractivity contribution in [2.45, 2.75) is 13.5 Å². The van der Waals surface area contributed by atoms with Crippen LogP contribution < -0.4 is 4.90 Å². The number of amides is 1. The van der Waals surface area contributed by atoms with Gasteiger partial charge in [-0.1, -0.05) is 18.2 Å². The van der Waals surface area contributed by atoms with Gasteiger partial charge in [0.2, 0.25) is 0 Å². The molecule has 2 rings (SSSR count). The summed E-state index contributed by atoms with van der Waals surface area (Å²) in [7, 11) is 1.38. The molecule has 0 aliphatic carbocycles. The van der Waals surface area contributed by atoms with E-state index >= 15 is 0 Å². The molecule has 4 nitrogen and oxygen atoms in total. The Kier molecular flexibility index (Phi) is 4.13. The van der Waals surface area contributed by atoms with Crippen molar-refractivity contribution in [3.63, 3.8) is 0 Å². The zero-order valence-electron chi connectivity index (χ0n) is 11.0. The number of hydrogen-bond donors (Lipinski definition) is 0. The van der Waals surface area contributed by atoms with Crippen molar-refractivity contribution in [3.8, 4) is 0 Å². The molecular weight excluding hydrogens is 240 g/mol. The lowest BCUT2D eigenvalue weighted by atomic mass is 10.2. The van der Waals surface area contributed by atoms with Crippen LogP contribution in [0.15, 0.2) is 48.7 Å². The Morgan fingerprint density at radius 3 is 2.74 bits per heavy atom. The third-order valence-corrected chi connectivity index (χ3v) is 2.75. The lowest BCUT2D eigenvalue weighted by Crippen LogP contribution is -2.30. The summed E-state index contributed by atoms with van der Waals surface area (Å²) in [4.78, 5) is 17.7. The quantitative estimate of drug-likeness (QED) is 0.847. The fraction of sp³-hybridized carbons (Fsp3) is 0.200. The summed E-state index contributed by atoms with van der Waals surface area (Å²) >= 11 is 0. The SMILES string of the molecule is COC(=O)N(Cc1ccccn1)c1cccc(C)c1. The summed E-state index contributed by atoms with van der Waals surface area (Å²) in [5.74, 6) is 0. The van der Waals surface area contributed by atoms with E-state index in [4.69, 9.17) is 4.74 Å². The van der Waals surface area contributed by atoms with Crippen molar-refractivity contribution < 1.29 is 9.53 Å². The van der Waals surface area contributed by atoms with Gasteiger partial charge in [0.25, 0.3) is 0 Å². The van der Waals surface area contributed by atoms with Gasteiger partial charge in [-0.3, -0.25) is 9.88 Å². The monoisotopic (exact) mass is 256 g/mol. The van der Waals surface area contributed by atoms with E-state index in [9.17, 15) is 4.79 Å². The minimum Gasteiger partial charge on any atom is -0.452 e. The van der Waals surface area contributed by atoms with Crippen molar-refractivity contribution in [3.05, 3.63) is 59.9 Å². The van der Waals surface area contributed by atoms with Crippen molar-refractivity contribution in [2.75, 3.05) is 12.0 Å². The van der Waals surface area contributed by atoms with Crippen LogP contribution in [0.2, 0.25) is 0 Å². The maximum Gasteiger partial charge on any atom is 0.414 e. The fourth-order valence-electron chi connectivity index (χ4n) is 1.82. The first-order valence-corrected chi connectivity index (χ1v) is 6.03. The molecule has 0 fully saturated rings. The second-order valence-electron chi connectivity index (χ2n) is 4.22. The maximum atomic E-state index is 11.9. The van der Waals surface area contributed by atoms with Crippen LogP contribution in [0.25, 0.3) is 0 Å². The molecule has 0 bridgehead atoms. The molecule has 1 aromatic carbocycles. The van der Waals surface area contributed by atoms with E-state index in [0.717, 1.165) is 16.9 Å². The van der Waals surface area contributed by atoms with E-state index in [1.807, 2.05) is 49.4 Å². The number of aryl methyl sites for hydroxylation is 1. The van der Waals surface area contributed by atoms with Gasteiger partial charge in [0.15, 0.2) is 0 Å². The highest BCUT2D eigenvalue weighted by atomic mass is 16.5. The second-order valence-corrected chi connectivity index (χ2v) is 4.22. The molecule has 0 atom stereocenters. The summed E-state index contributed by atoms with van der Waals surface area (Å²) in [6.07, 6.45) is 1.32. The minimum absolute atomic E-state index is 0.386. The molecule has 0 saturated heterocycles. The van der Waals surface area contributed by atoms with E-state index in [2.05, 4.69) is 4.98 Å². The summed E-state index contributed by atoms with van der Waals surface area (Å²) in [5, 5.41) is 0. The van der Waals surface area contributed by atoms with E-state index in [1.54, 1.807) is 11.1 Å². The highest BCUT2D eigenvalue weighted by molar-refractivity contribution is 5.87.